The molecular formula is C12H18FNO. The van der Waals surface area contributed by atoms with Crippen LogP contribution in [0, 0.1) is 12.7 Å². The van der Waals surface area contributed by atoms with E-state index in [1.807, 2.05) is 6.07 Å². The molecule has 0 heterocycles. The average molecular weight is 211 g/mol. The summed E-state index contributed by atoms with van der Waals surface area (Å²) < 4.78 is 13.0. The van der Waals surface area contributed by atoms with Gasteiger partial charge in [-0.2, -0.15) is 0 Å². The number of aryl methyl sites for hydroxylation is 2. The largest absolute Gasteiger partial charge is 0.392 e. The lowest BCUT2D eigenvalue weighted by atomic mass is 10.0. The van der Waals surface area contributed by atoms with E-state index < -0.39 is 6.10 Å². The molecule has 3 N–H and O–H groups in total. The van der Waals surface area contributed by atoms with Crippen molar-refractivity contribution in [3.63, 3.8) is 0 Å². The fourth-order valence-electron chi connectivity index (χ4n) is 1.44. The van der Waals surface area contributed by atoms with Gasteiger partial charge in [-0.3, -0.25) is 0 Å². The lowest BCUT2D eigenvalue weighted by molar-refractivity contribution is 0.141. The van der Waals surface area contributed by atoms with Crippen LogP contribution in [0.25, 0.3) is 0 Å². The Hall–Kier alpha value is -0.930. The van der Waals surface area contributed by atoms with Crippen LogP contribution in [-0.2, 0) is 6.42 Å². The minimum atomic E-state index is -0.490. The zero-order valence-corrected chi connectivity index (χ0v) is 9.20. The minimum absolute atomic E-state index is 0.188. The third-order valence-corrected chi connectivity index (χ3v) is 2.56. The summed E-state index contributed by atoms with van der Waals surface area (Å²) in [7, 11) is 0. The van der Waals surface area contributed by atoms with E-state index in [0.717, 1.165) is 12.0 Å². The number of nitrogens with two attached hydrogens (primary N) is 1. The van der Waals surface area contributed by atoms with Crippen LogP contribution in [0.2, 0.25) is 0 Å². The van der Waals surface area contributed by atoms with E-state index in [0.29, 0.717) is 12.0 Å². The minimum Gasteiger partial charge on any atom is -0.392 e. The van der Waals surface area contributed by atoms with Crippen molar-refractivity contribution in [1.29, 1.82) is 0 Å². The lowest BCUT2D eigenvalue weighted by Gasteiger charge is -2.14. The van der Waals surface area contributed by atoms with Crippen molar-refractivity contribution in [2.24, 2.45) is 5.73 Å². The van der Waals surface area contributed by atoms with Gasteiger partial charge in [-0.1, -0.05) is 12.1 Å². The molecule has 1 aromatic carbocycles. The van der Waals surface area contributed by atoms with E-state index in [1.165, 1.54) is 6.07 Å². The molecule has 0 saturated carbocycles. The van der Waals surface area contributed by atoms with Gasteiger partial charge < -0.3 is 10.8 Å². The Bertz CT molecular complexity index is 325. The van der Waals surface area contributed by atoms with Gasteiger partial charge in [0.25, 0.3) is 0 Å². The SMILES string of the molecule is Cc1cc(CCC(O)C(C)N)ccc1F. The number of aliphatic hydroxyl groups excluding tert-OH is 1. The molecule has 0 spiro atoms. The Balaban J connectivity index is 2.55. The van der Waals surface area contributed by atoms with Crippen LogP contribution in [0.4, 0.5) is 4.39 Å². The zero-order chi connectivity index (χ0) is 11.4. The molecule has 0 fully saturated rings. The highest BCUT2D eigenvalue weighted by Gasteiger charge is 2.09. The number of aliphatic hydroxyl groups is 1. The second-order valence-electron chi connectivity index (χ2n) is 4.05. The fourth-order valence-corrected chi connectivity index (χ4v) is 1.44. The summed E-state index contributed by atoms with van der Waals surface area (Å²) in [6, 6.07) is 4.80. The molecule has 2 atom stereocenters. The Morgan fingerprint density at radius 2 is 2.13 bits per heavy atom. The maximum absolute atomic E-state index is 13.0. The first-order chi connectivity index (χ1) is 7.00. The Morgan fingerprint density at radius 1 is 1.47 bits per heavy atom. The molecule has 0 radical (unpaired) electrons. The van der Waals surface area contributed by atoms with E-state index in [4.69, 9.17) is 5.73 Å². The van der Waals surface area contributed by atoms with Gasteiger partial charge >= 0.3 is 0 Å². The molecule has 0 aliphatic carbocycles. The molecule has 84 valence electrons. The van der Waals surface area contributed by atoms with Crippen molar-refractivity contribution in [3.05, 3.63) is 35.1 Å². The van der Waals surface area contributed by atoms with Crippen molar-refractivity contribution in [2.75, 3.05) is 0 Å². The normalized spacial score (nSPS) is 15.0. The predicted molar refractivity (Wildman–Crippen MR) is 59.1 cm³/mol. The molecule has 0 saturated heterocycles. The molecule has 0 bridgehead atoms. The van der Waals surface area contributed by atoms with Crippen LogP contribution in [0.1, 0.15) is 24.5 Å². The summed E-state index contributed by atoms with van der Waals surface area (Å²) in [5.41, 5.74) is 7.22. The van der Waals surface area contributed by atoms with Gasteiger partial charge in [0.1, 0.15) is 5.82 Å². The number of hydrogen-bond acceptors (Lipinski definition) is 2. The Kier molecular flexibility index (Phi) is 4.24. The molecule has 15 heavy (non-hydrogen) atoms. The lowest BCUT2D eigenvalue weighted by Crippen LogP contribution is -2.31. The number of benzene rings is 1. The van der Waals surface area contributed by atoms with Gasteiger partial charge in [-0.05, 0) is 43.9 Å². The van der Waals surface area contributed by atoms with Crippen molar-refractivity contribution >= 4 is 0 Å². The summed E-state index contributed by atoms with van der Waals surface area (Å²) in [6.07, 6.45) is 0.849. The summed E-state index contributed by atoms with van der Waals surface area (Å²) >= 11 is 0. The summed E-state index contributed by atoms with van der Waals surface area (Å²) in [6.45, 7) is 3.52. The zero-order valence-electron chi connectivity index (χ0n) is 9.20. The van der Waals surface area contributed by atoms with Gasteiger partial charge in [0.05, 0.1) is 6.10 Å². The van der Waals surface area contributed by atoms with Gasteiger partial charge in [0.2, 0.25) is 0 Å². The second-order valence-corrected chi connectivity index (χ2v) is 4.05. The summed E-state index contributed by atoms with van der Waals surface area (Å²) in [4.78, 5) is 0. The molecular weight excluding hydrogens is 193 g/mol. The molecule has 1 rings (SSSR count). The van der Waals surface area contributed by atoms with Crippen LogP contribution in [0.15, 0.2) is 18.2 Å². The van der Waals surface area contributed by atoms with Crippen LogP contribution < -0.4 is 5.73 Å². The molecule has 0 aromatic heterocycles. The van der Waals surface area contributed by atoms with Crippen molar-refractivity contribution in [3.8, 4) is 0 Å². The molecule has 3 heteroatoms. The van der Waals surface area contributed by atoms with E-state index in [2.05, 4.69) is 0 Å². The molecule has 2 nitrogen and oxygen atoms in total. The monoisotopic (exact) mass is 211 g/mol. The third kappa shape index (κ3) is 3.61. The quantitative estimate of drug-likeness (QED) is 0.797. The standard InChI is InChI=1S/C12H18FNO/c1-8-7-10(3-5-11(8)13)4-6-12(15)9(2)14/h3,5,7,9,12,15H,4,6,14H2,1-2H3. The van der Waals surface area contributed by atoms with E-state index in [1.54, 1.807) is 19.9 Å². The Labute approximate surface area is 89.9 Å². The number of rotatable bonds is 4. The van der Waals surface area contributed by atoms with E-state index >= 15 is 0 Å². The highest BCUT2D eigenvalue weighted by molar-refractivity contribution is 5.24. The van der Waals surface area contributed by atoms with Crippen LogP contribution in [0.5, 0.6) is 0 Å². The summed E-state index contributed by atoms with van der Waals surface area (Å²) in [5, 5.41) is 9.51. The van der Waals surface area contributed by atoms with Gasteiger partial charge in [0, 0.05) is 6.04 Å². The van der Waals surface area contributed by atoms with Gasteiger partial charge in [-0.15, -0.1) is 0 Å². The summed E-state index contributed by atoms with van der Waals surface area (Å²) in [5.74, 6) is -0.188. The number of hydrogen-bond donors (Lipinski definition) is 2. The van der Waals surface area contributed by atoms with Crippen LogP contribution >= 0.6 is 0 Å². The topological polar surface area (TPSA) is 46.2 Å². The molecule has 0 aliphatic heterocycles. The molecule has 1 aromatic rings. The maximum Gasteiger partial charge on any atom is 0.126 e. The van der Waals surface area contributed by atoms with Gasteiger partial charge in [0.15, 0.2) is 0 Å². The first kappa shape index (κ1) is 12.1. The Morgan fingerprint density at radius 3 is 2.67 bits per heavy atom. The fraction of sp³-hybridized carbons (Fsp3) is 0.500. The van der Waals surface area contributed by atoms with Crippen molar-refractivity contribution in [2.45, 2.75) is 38.8 Å². The van der Waals surface area contributed by atoms with Crippen molar-refractivity contribution in [1.82, 2.24) is 0 Å². The second kappa shape index (κ2) is 5.24. The smallest absolute Gasteiger partial charge is 0.126 e. The third-order valence-electron chi connectivity index (χ3n) is 2.56. The van der Waals surface area contributed by atoms with E-state index in [9.17, 15) is 9.50 Å². The highest BCUT2D eigenvalue weighted by Crippen LogP contribution is 2.12. The van der Waals surface area contributed by atoms with E-state index in [-0.39, 0.29) is 11.9 Å². The van der Waals surface area contributed by atoms with Gasteiger partial charge in [-0.25, -0.2) is 4.39 Å². The molecule has 0 amide bonds. The van der Waals surface area contributed by atoms with Crippen LogP contribution in [-0.4, -0.2) is 17.3 Å². The molecule has 2 unspecified atom stereocenters. The highest BCUT2D eigenvalue weighted by atomic mass is 19.1. The predicted octanol–water partition coefficient (Wildman–Crippen LogP) is 1.77. The maximum atomic E-state index is 13.0. The first-order valence-electron chi connectivity index (χ1n) is 5.19. The van der Waals surface area contributed by atoms with Crippen LogP contribution in [0.3, 0.4) is 0 Å². The molecule has 0 aliphatic rings. The average Bonchev–Trinajstić information content (AvgIpc) is 2.19. The number of halogens is 1. The first-order valence-corrected chi connectivity index (χ1v) is 5.19. The van der Waals surface area contributed by atoms with Crippen molar-refractivity contribution < 1.29 is 9.50 Å².